The van der Waals surface area contributed by atoms with Crippen LogP contribution in [0.15, 0.2) is 24.3 Å². The van der Waals surface area contributed by atoms with E-state index in [-0.39, 0.29) is 29.0 Å². The van der Waals surface area contributed by atoms with Gasteiger partial charge < -0.3 is 16.2 Å². The van der Waals surface area contributed by atoms with Crippen LogP contribution in [0.4, 0.5) is 0 Å². The normalized spacial score (nSPS) is 21.5. The van der Waals surface area contributed by atoms with Gasteiger partial charge in [-0.3, -0.25) is 9.59 Å². The lowest BCUT2D eigenvalue weighted by Gasteiger charge is -2.27. The highest BCUT2D eigenvalue weighted by Crippen LogP contribution is 2.24. The fourth-order valence-corrected chi connectivity index (χ4v) is 2.65. The Morgan fingerprint density at radius 1 is 1.05 bits per heavy atom. The van der Waals surface area contributed by atoms with E-state index in [1.54, 1.807) is 12.1 Å². The molecule has 0 heterocycles. The third kappa shape index (κ3) is 3.59. The minimum atomic E-state index is -1.13. The van der Waals surface area contributed by atoms with E-state index in [2.05, 4.69) is 5.32 Å². The largest absolute Gasteiger partial charge is 0.478 e. The summed E-state index contributed by atoms with van der Waals surface area (Å²) in [4.78, 5) is 34.4. The summed E-state index contributed by atoms with van der Waals surface area (Å²) in [5.41, 5.74) is 5.41. The average Bonchev–Trinajstić information content (AvgIpc) is 2.47. The van der Waals surface area contributed by atoms with Crippen LogP contribution >= 0.6 is 0 Å². The Bertz CT molecular complexity index is 563. The van der Waals surface area contributed by atoms with Crippen LogP contribution in [0.3, 0.4) is 0 Å². The molecule has 1 aliphatic rings. The molecule has 0 spiro atoms. The third-order valence-corrected chi connectivity index (χ3v) is 3.87. The lowest BCUT2D eigenvalue weighted by atomic mass is 9.85. The lowest BCUT2D eigenvalue weighted by molar-refractivity contribution is -0.122. The van der Waals surface area contributed by atoms with Gasteiger partial charge in [0, 0.05) is 12.0 Å². The van der Waals surface area contributed by atoms with Crippen LogP contribution in [0.25, 0.3) is 0 Å². The summed E-state index contributed by atoms with van der Waals surface area (Å²) < 4.78 is 0. The number of carbonyl (C=O) groups is 3. The van der Waals surface area contributed by atoms with Crippen LogP contribution < -0.4 is 11.1 Å². The molecule has 1 aliphatic carbocycles. The van der Waals surface area contributed by atoms with Crippen molar-refractivity contribution in [3.63, 3.8) is 0 Å². The van der Waals surface area contributed by atoms with E-state index in [0.29, 0.717) is 25.7 Å². The van der Waals surface area contributed by atoms with Gasteiger partial charge in [-0.1, -0.05) is 12.1 Å². The molecular formula is C15H18N2O4. The molecule has 21 heavy (non-hydrogen) atoms. The summed E-state index contributed by atoms with van der Waals surface area (Å²) in [6.45, 7) is 0. The van der Waals surface area contributed by atoms with Crippen molar-refractivity contribution < 1.29 is 19.5 Å². The maximum absolute atomic E-state index is 12.2. The van der Waals surface area contributed by atoms with Crippen molar-refractivity contribution in [3.8, 4) is 0 Å². The number of primary amides is 1. The fourth-order valence-electron chi connectivity index (χ4n) is 2.65. The van der Waals surface area contributed by atoms with Gasteiger partial charge in [-0.25, -0.2) is 4.79 Å². The van der Waals surface area contributed by atoms with Crippen molar-refractivity contribution in [2.75, 3.05) is 0 Å². The van der Waals surface area contributed by atoms with Crippen molar-refractivity contribution in [1.29, 1.82) is 0 Å². The third-order valence-electron chi connectivity index (χ3n) is 3.87. The molecule has 1 aromatic rings. The zero-order chi connectivity index (χ0) is 15.4. The number of carbonyl (C=O) groups excluding carboxylic acids is 2. The maximum Gasteiger partial charge on any atom is 0.336 e. The smallest absolute Gasteiger partial charge is 0.336 e. The van der Waals surface area contributed by atoms with Gasteiger partial charge in [0.2, 0.25) is 5.91 Å². The molecule has 0 atom stereocenters. The first-order valence-corrected chi connectivity index (χ1v) is 6.91. The molecule has 6 heteroatoms. The predicted octanol–water partition coefficient (Wildman–Crippen LogP) is 1.16. The zero-order valence-electron chi connectivity index (χ0n) is 11.5. The molecule has 4 N–H and O–H groups in total. The van der Waals surface area contributed by atoms with Gasteiger partial charge in [0.15, 0.2) is 0 Å². The number of benzene rings is 1. The Morgan fingerprint density at radius 2 is 1.62 bits per heavy atom. The summed E-state index contributed by atoms with van der Waals surface area (Å²) in [6, 6.07) is 6.06. The molecule has 0 aromatic heterocycles. The van der Waals surface area contributed by atoms with Crippen LogP contribution in [0, 0.1) is 5.92 Å². The summed E-state index contributed by atoms with van der Waals surface area (Å²) in [6.07, 6.45) is 2.66. The van der Waals surface area contributed by atoms with E-state index < -0.39 is 11.9 Å². The van der Waals surface area contributed by atoms with Crippen LogP contribution in [-0.4, -0.2) is 28.9 Å². The summed E-state index contributed by atoms with van der Waals surface area (Å²) in [5.74, 6) is -1.94. The minimum Gasteiger partial charge on any atom is -0.478 e. The van der Waals surface area contributed by atoms with Crippen LogP contribution in [0.5, 0.6) is 0 Å². The Hall–Kier alpha value is -2.37. The average molecular weight is 290 g/mol. The molecule has 0 radical (unpaired) electrons. The topological polar surface area (TPSA) is 109 Å². The van der Waals surface area contributed by atoms with Gasteiger partial charge in [-0.2, -0.15) is 0 Å². The van der Waals surface area contributed by atoms with E-state index in [0.717, 1.165) is 0 Å². The summed E-state index contributed by atoms with van der Waals surface area (Å²) >= 11 is 0. The molecule has 1 aromatic carbocycles. The van der Waals surface area contributed by atoms with Gasteiger partial charge >= 0.3 is 5.97 Å². The first kappa shape index (κ1) is 15.0. The fraction of sp³-hybridized carbons (Fsp3) is 0.400. The van der Waals surface area contributed by atoms with Crippen LogP contribution in [-0.2, 0) is 4.79 Å². The van der Waals surface area contributed by atoms with E-state index in [9.17, 15) is 14.4 Å². The number of carboxylic acid groups (broad SMARTS) is 1. The highest BCUT2D eigenvalue weighted by Gasteiger charge is 2.26. The molecule has 1 saturated carbocycles. The highest BCUT2D eigenvalue weighted by atomic mass is 16.4. The Labute approximate surface area is 122 Å². The molecule has 2 amide bonds. The Balaban J connectivity index is 2.00. The van der Waals surface area contributed by atoms with Gasteiger partial charge in [0.05, 0.1) is 11.1 Å². The van der Waals surface area contributed by atoms with Gasteiger partial charge in [-0.05, 0) is 37.8 Å². The number of hydrogen-bond acceptors (Lipinski definition) is 3. The molecule has 112 valence electrons. The van der Waals surface area contributed by atoms with Gasteiger partial charge in [-0.15, -0.1) is 0 Å². The molecule has 0 bridgehead atoms. The van der Waals surface area contributed by atoms with Crippen molar-refractivity contribution in [2.45, 2.75) is 31.7 Å². The molecule has 0 unspecified atom stereocenters. The van der Waals surface area contributed by atoms with E-state index in [4.69, 9.17) is 10.8 Å². The Morgan fingerprint density at radius 3 is 2.14 bits per heavy atom. The maximum atomic E-state index is 12.2. The highest BCUT2D eigenvalue weighted by molar-refractivity contribution is 6.04. The first-order chi connectivity index (χ1) is 9.99. The standard InChI is InChI=1S/C15H18N2O4/c16-13(18)9-5-7-10(8-6-9)17-14(19)11-3-1-2-4-12(11)15(20)21/h1-4,9-10H,5-8H2,(H2,16,18)(H,17,19)(H,20,21). The number of amides is 2. The second-order valence-corrected chi connectivity index (χ2v) is 5.28. The molecular weight excluding hydrogens is 272 g/mol. The van der Waals surface area contributed by atoms with Crippen molar-refractivity contribution in [1.82, 2.24) is 5.32 Å². The summed E-state index contributed by atoms with van der Waals surface area (Å²) in [7, 11) is 0. The van der Waals surface area contributed by atoms with Crippen LogP contribution in [0.1, 0.15) is 46.4 Å². The number of nitrogens with two attached hydrogens (primary N) is 1. The predicted molar refractivity (Wildman–Crippen MR) is 75.8 cm³/mol. The molecule has 0 saturated heterocycles. The van der Waals surface area contributed by atoms with Crippen molar-refractivity contribution in [2.24, 2.45) is 11.7 Å². The van der Waals surface area contributed by atoms with E-state index in [1.165, 1.54) is 12.1 Å². The van der Waals surface area contributed by atoms with E-state index in [1.807, 2.05) is 0 Å². The van der Waals surface area contributed by atoms with Crippen molar-refractivity contribution >= 4 is 17.8 Å². The lowest BCUT2D eigenvalue weighted by Crippen LogP contribution is -2.40. The zero-order valence-corrected chi connectivity index (χ0v) is 11.5. The number of aromatic carboxylic acids is 1. The molecule has 0 aliphatic heterocycles. The van der Waals surface area contributed by atoms with Gasteiger partial charge in [0.25, 0.3) is 5.91 Å². The quantitative estimate of drug-likeness (QED) is 0.772. The number of hydrogen-bond donors (Lipinski definition) is 3. The monoisotopic (exact) mass is 290 g/mol. The Kier molecular flexibility index (Phi) is 4.57. The second-order valence-electron chi connectivity index (χ2n) is 5.28. The van der Waals surface area contributed by atoms with Crippen molar-refractivity contribution in [3.05, 3.63) is 35.4 Å². The minimum absolute atomic E-state index is 0.0131. The molecule has 1 fully saturated rings. The van der Waals surface area contributed by atoms with Crippen LogP contribution in [0.2, 0.25) is 0 Å². The molecule has 2 rings (SSSR count). The van der Waals surface area contributed by atoms with Gasteiger partial charge in [0.1, 0.15) is 0 Å². The number of nitrogens with one attached hydrogen (secondary N) is 1. The van der Waals surface area contributed by atoms with E-state index >= 15 is 0 Å². The SMILES string of the molecule is NC(=O)C1CCC(NC(=O)c2ccccc2C(=O)O)CC1. The first-order valence-electron chi connectivity index (χ1n) is 6.91. The number of carboxylic acids is 1. The second kappa shape index (κ2) is 6.39. The number of rotatable bonds is 4. The molecule has 6 nitrogen and oxygen atoms in total. The summed E-state index contributed by atoms with van der Waals surface area (Å²) in [5, 5.41) is 11.9.